The molecule has 2 heteroatoms. The summed E-state index contributed by atoms with van der Waals surface area (Å²) in [5.41, 5.74) is 5.83. The molecule has 0 amide bonds. The number of nitrogens with two attached hydrogens (primary N) is 1. The third-order valence-electron chi connectivity index (χ3n) is 3.99. The second kappa shape index (κ2) is 4.43. The Hall–Kier alpha value is -0.0800. The van der Waals surface area contributed by atoms with Gasteiger partial charge in [0.05, 0.1) is 0 Å². The van der Waals surface area contributed by atoms with Gasteiger partial charge in [0, 0.05) is 0 Å². The van der Waals surface area contributed by atoms with Gasteiger partial charge in [-0.15, -0.1) is 0 Å². The SMILES string of the molecule is NCC1CCNCC1C1CCCC1. The van der Waals surface area contributed by atoms with Crippen molar-refractivity contribution in [2.75, 3.05) is 19.6 Å². The minimum atomic E-state index is 0.810. The van der Waals surface area contributed by atoms with Crippen molar-refractivity contribution in [3.05, 3.63) is 0 Å². The van der Waals surface area contributed by atoms with Gasteiger partial charge in [0.15, 0.2) is 0 Å². The Morgan fingerprint density at radius 2 is 1.92 bits per heavy atom. The zero-order valence-corrected chi connectivity index (χ0v) is 8.47. The van der Waals surface area contributed by atoms with E-state index in [0.717, 1.165) is 24.3 Å². The lowest BCUT2D eigenvalue weighted by Gasteiger charge is -2.35. The first kappa shape index (κ1) is 9.47. The number of hydrogen-bond donors (Lipinski definition) is 2. The van der Waals surface area contributed by atoms with Gasteiger partial charge >= 0.3 is 0 Å². The summed E-state index contributed by atoms with van der Waals surface area (Å²) >= 11 is 0. The Kier molecular flexibility index (Phi) is 3.23. The molecule has 0 radical (unpaired) electrons. The molecule has 1 aliphatic heterocycles. The highest BCUT2D eigenvalue weighted by atomic mass is 14.9. The molecular weight excluding hydrogens is 160 g/mol. The Balaban J connectivity index is 1.93. The van der Waals surface area contributed by atoms with Gasteiger partial charge in [0.1, 0.15) is 0 Å². The molecule has 2 fully saturated rings. The van der Waals surface area contributed by atoms with Crippen LogP contribution in [-0.4, -0.2) is 19.6 Å². The maximum Gasteiger partial charge on any atom is -0.00147 e. The smallest absolute Gasteiger partial charge is 0.00147 e. The van der Waals surface area contributed by atoms with Crippen molar-refractivity contribution in [3.8, 4) is 0 Å². The highest BCUT2D eigenvalue weighted by Gasteiger charge is 2.32. The summed E-state index contributed by atoms with van der Waals surface area (Å²) in [5.74, 6) is 2.69. The minimum Gasteiger partial charge on any atom is -0.330 e. The number of rotatable bonds is 2. The van der Waals surface area contributed by atoms with Gasteiger partial charge in [-0.3, -0.25) is 0 Å². The fourth-order valence-corrected chi connectivity index (χ4v) is 3.17. The zero-order valence-electron chi connectivity index (χ0n) is 8.47. The van der Waals surface area contributed by atoms with Crippen LogP contribution in [0.4, 0.5) is 0 Å². The highest BCUT2D eigenvalue weighted by Crippen LogP contribution is 2.36. The Labute approximate surface area is 81.3 Å². The van der Waals surface area contributed by atoms with Crippen LogP contribution in [0.2, 0.25) is 0 Å². The average Bonchev–Trinajstić information content (AvgIpc) is 2.70. The maximum atomic E-state index is 5.83. The standard InChI is InChI=1S/C11H22N2/c12-7-10-5-6-13-8-11(10)9-3-1-2-4-9/h9-11,13H,1-8,12H2. The van der Waals surface area contributed by atoms with Crippen LogP contribution in [0.25, 0.3) is 0 Å². The fourth-order valence-electron chi connectivity index (χ4n) is 3.17. The van der Waals surface area contributed by atoms with Crippen molar-refractivity contribution in [2.24, 2.45) is 23.5 Å². The molecule has 1 heterocycles. The van der Waals surface area contributed by atoms with Gasteiger partial charge in [-0.2, -0.15) is 0 Å². The monoisotopic (exact) mass is 182 g/mol. The van der Waals surface area contributed by atoms with E-state index in [2.05, 4.69) is 5.32 Å². The quantitative estimate of drug-likeness (QED) is 0.677. The van der Waals surface area contributed by atoms with Crippen LogP contribution < -0.4 is 11.1 Å². The molecule has 0 aromatic carbocycles. The van der Waals surface area contributed by atoms with E-state index in [1.165, 1.54) is 45.2 Å². The normalized spacial score (nSPS) is 36.7. The van der Waals surface area contributed by atoms with E-state index in [4.69, 9.17) is 5.73 Å². The molecule has 2 unspecified atom stereocenters. The molecule has 2 nitrogen and oxygen atoms in total. The van der Waals surface area contributed by atoms with Gasteiger partial charge in [0.25, 0.3) is 0 Å². The van der Waals surface area contributed by atoms with Crippen molar-refractivity contribution >= 4 is 0 Å². The summed E-state index contributed by atoms with van der Waals surface area (Å²) in [6, 6.07) is 0. The van der Waals surface area contributed by atoms with Gasteiger partial charge in [-0.05, 0) is 43.8 Å². The summed E-state index contributed by atoms with van der Waals surface area (Å²) in [7, 11) is 0. The summed E-state index contributed by atoms with van der Waals surface area (Å²) in [5, 5.41) is 3.52. The molecular formula is C11H22N2. The third-order valence-corrected chi connectivity index (χ3v) is 3.99. The molecule has 0 bridgehead atoms. The number of nitrogens with one attached hydrogen (secondary N) is 1. The van der Waals surface area contributed by atoms with Gasteiger partial charge in [0.2, 0.25) is 0 Å². The predicted molar refractivity (Wildman–Crippen MR) is 55.5 cm³/mol. The van der Waals surface area contributed by atoms with E-state index in [1.54, 1.807) is 0 Å². The van der Waals surface area contributed by atoms with Crippen molar-refractivity contribution < 1.29 is 0 Å². The zero-order chi connectivity index (χ0) is 9.10. The first-order valence-corrected chi connectivity index (χ1v) is 5.82. The predicted octanol–water partition coefficient (Wildman–Crippen LogP) is 1.36. The summed E-state index contributed by atoms with van der Waals surface area (Å²) in [6.07, 6.45) is 7.14. The van der Waals surface area contributed by atoms with Crippen molar-refractivity contribution in [3.63, 3.8) is 0 Å². The van der Waals surface area contributed by atoms with Crippen LogP contribution in [-0.2, 0) is 0 Å². The molecule has 0 aromatic rings. The van der Waals surface area contributed by atoms with Crippen LogP contribution in [0.3, 0.4) is 0 Å². The largest absolute Gasteiger partial charge is 0.330 e. The number of piperidine rings is 1. The van der Waals surface area contributed by atoms with Crippen LogP contribution in [0.1, 0.15) is 32.1 Å². The number of hydrogen-bond acceptors (Lipinski definition) is 2. The third kappa shape index (κ3) is 2.05. The van der Waals surface area contributed by atoms with Crippen molar-refractivity contribution in [1.29, 1.82) is 0 Å². The molecule has 1 saturated heterocycles. The Bertz CT molecular complexity index is 150. The molecule has 3 N–H and O–H groups in total. The van der Waals surface area contributed by atoms with E-state index in [-0.39, 0.29) is 0 Å². The van der Waals surface area contributed by atoms with Crippen LogP contribution in [0.15, 0.2) is 0 Å². The van der Waals surface area contributed by atoms with Gasteiger partial charge in [-0.25, -0.2) is 0 Å². The molecule has 13 heavy (non-hydrogen) atoms. The summed E-state index contributed by atoms with van der Waals surface area (Å²) < 4.78 is 0. The van der Waals surface area contributed by atoms with Crippen LogP contribution in [0, 0.1) is 17.8 Å². The second-order valence-corrected chi connectivity index (χ2v) is 4.70. The Morgan fingerprint density at radius 1 is 1.15 bits per heavy atom. The lowest BCUT2D eigenvalue weighted by atomic mass is 9.77. The van der Waals surface area contributed by atoms with Crippen LogP contribution >= 0.6 is 0 Å². The molecule has 1 saturated carbocycles. The maximum absolute atomic E-state index is 5.83. The van der Waals surface area contributed by atoms with E-state index in [0.29, 0.717) is 0 Å². The van der Waals surface area contributed by atoms with Gasteiger partial charge < -0.3 is 11.1 Å². The van der Waals surface area contributed by atoms with Crippen molar-refractivity contribution in [1.82, 2.24) is 5.32 Å². The summed E-state index contributed by atoms with van der Waals surface area (Å²) in [4.78, 5) is 0. The van der Waals surface area contributed by atoms with E-state index < -0.39 is 0 Å². The van der Waals surface area contributed by atoms with Crippen molar-refractivity contribution in [2.45, 2.75) is 32.1 Å². The highest BCUT2D eigenvalue weighted by molar-refractivity contribution is 4.85. The van der Waals surface area contributed by atoms with E-state index in [1.807, 2.05) is 0 Å². The fraction of sp³-hybridized carbons (Fsp3) is 1.00. The molecule has 76 valence electrons. The minimum absolute atomic E-state index is 0.810. The second-order valence-electron chi connectivity index (χ2n) is 4.70. The first-order chi connectivity index (χ1) is 6.42. The van der Waals surface area contributed by atoms with Gasteiger partial charge in [-0.1, -0.05) is 25.7 Å². The lowest BCUT2D eigenvalue weighted by molar-refractivity contribution is 0.183. The summed E-state index contributed by atoms with van der Waals surface area (Å²) in [6.45, 7) is 3.32. The Morgan fingerprint density at radius 3 is 2.62 bits per heavy atom. The molecule has 0 aromatic heterocycles. The molecule has 2 atom stereocenters. The topological polar surface area (TPSA) is 38.0 Å². The van der Waals surface area contributed by atoms with E-state index >= 15 is 0 Å². The molecule has 1 aliphatic carbocycles. The van der Waals surface area contributed by atoms with E-state index in [9.17, 15) is 0 Å². The lowest BCUT2D eigenvalue weighted by Crippen LogP contribution is -2.42. The molecule has 2 aliphatic rings. The average molecular weight is 182 g/mol. The molecule has 2 rings (SSSR count). The molecule has 0 spiro atoms. The van der Waals surface area contributed by atoms with Crippen LogP contribution in [0.5, 0.6) is 0 Å². The first-order valence-electron chi connectivity index (χ1n) is 5.82.